The van der Waals surface area contributed by atoms with Crippen molar-refractivity contribution < 1.29 is 13.2 Å². The van der Waals surface area contributed by atoms with Gasteiger partial charge in [-0.25, -0.2) is 8.42 Å². The molecule has 1 N–H and O–H groups in total. The molecule has 1 unspecified atom stereocenters. The lowest BCUT2D eigenvalue weighted by atomic mass is 9.49. The maximum Gasteiger partial charge on any atom is 0.243 e. The first-order chi connectivity index (χ1) is 14.4. The highest BCUT2D eigenvalue weighted by molar-refractivity contribution is 7.89. The molecule has 1 aromatic rings. The van der Waals surface area contributed by atoms with Crippen LogP contribution in [0.15, 0.2) is 29.2 Å². The van der Waals surface area contributed by atoms with Crippen LogP contribution in [0.1, 0.15) is 57.8 Å². The van der Waals surface area contributed by atoms with Crippen molar-refractivity contribution in [2.24, 2.45) is 23.2 Å². The zero-order valence-corrected chi connectivity index (χ0v) is 18.9. The van der Waals surface area contributed by atoms with E-state index in [-0.39, 0.29) is 22.3 Å². The summed E-state index contributed by atoms with van der Waals surface area (Å²) in [5.41, 5.74) is -0.139. The predicted molar refractivity (Wildman–Crippen MR) is 117 cm³/mol. The van der Waals surface area contributed by atoms with Crippen LogP contribution < -0.4 is 5.32 Å². The number of carbonyl (C=O) groups excluding carboxylic acids is 1. The number of halogens is 1. The Bertz CT molecular complexity index is 880. The van der Waals surface area contributed by atoms with Gasteiger partial charge in [-0.2, -0.15) is 4.31 Å². The van der Waals surface area contributed by atoms with E-state index in [2.05, 4.69) is 5.32 Å². The highest BCUT2D eigenvalue weighted by atomic mass is 35.5. The standard InChI is InChI=1S/C23H31ClN2O3S/c24-19-3-5-21(6-4-19)30(28,29)26-9-1-2-20(26)7-8-25-22(27)23-13-16-10-17(14-23)12-18(11-16)15-23/h3-6,16-18,20H,1-2,7-15H2,(H,25,27). The van der Waals surface area contributed by atoms with Gasteiger partial charge in [-0.05, 0) is 99.8 Å². The van der Waals surface area contributed by atoms with Gasteiger partial charge >= 0.3 is 0 Å². The van der Waals surface area contributed by atoms with E-state index in [1.165, 1.54) is 19.3 Å². The van der Waals surface area contributed by atoms with Gasteiger partial charge in [0.05, 0.1) is 4.90 Å². The molecule has 5 nitrogen and oxygen atoms in total. The summed E-state index contributed by atoms with van der Waals surface area (Å²) in [7, 11) is -3.53. The van der Waals surface area contributed by atoms with E-state index in [0.29, 0.717) is 24.5 Å². The Morgan fingerprint density at radius 3 is 2.27 bits per heavy atom. The third-order valence-electron chi connectivity index (χ3n) is 8.03. The molecular weight excluding hydrogens is 420 g/mol. The molecule has 4 saturated carbocycles. The first-order valence-electron chi connectivity index (χ1n) is 11.4. The summed E-state index contributed by atoms with van der Waals surface area (Å²) in [4.78, 5) is 13.4. The monoisotopic (exact) mass is 450 g/mol. The topological polar surface area (TPSA) is 66.5 Å². The molecule has 1 aliphatic heterocycles. The van der Waals surface area contributed by atoms with E-state index < -0.39 is 10.0 Å². The Kier molecular flexibility index (Phi) is 5.39. The number of nitrogens with one attached hydrogen (secondary N) is 1. The molecule has 164 valence electrons. The second-order valence-electron chi connectivity index (χ2n) is 10.1. The van der Waals surface area contributed by atoms with E-state index in [9.17, 15) is 13.2 Å². The Labute approximate surface area is 184 Å². The van der Waals surface area contributed by atoms with Crippen molar-refractivity contribution in [2.45, 2.75) is 68.7 Å². The van der Waals surface area contributed by atoms with Crippen LogP contribution in [0.3, 0.4) is 0 Å². The van der Waals surface area contributed by atoms with Crippen molar-refractivity contribution >= 4 is 27.5 Å². The molecule has 0 radical (unpaired) electrons. The number of carbonyl (C=O) groups is 1. The maximum atomic E-state index is 13.1. The smallest absolute Gasteiger partial charge is 0.243 e. The van der Waals surface area contributed by atoms with Gasteiger partial charge in [-0.15, -0.1) is 0 Å². The van der Waals surface area contributed by atoms with Gasteiger partial charge in [0.2, 0.25) is 15.9 Å². The molecule has 6 rings (SSSR count). The molecule has 1 atom stereocenters. The second-order valence-corrected chi connectivity index (χ2v) is 12.4. The molecule has 5 aliphatic rings. The van der Waals surface area contributed by atoms with Gasteiger partial charge in [-0.3, -0.25) is 4.79 Å². The van der Waals surface area contributed by atoms with Crippen molar-refractivity contribution in [3.05, 3.63) is 29.3 Å². The first kappa shape index (κ1) is 20.8. The van der Waals surface area contributed by atoms with E-state index in [0.717, 1.165) is 49.9 Å². The van der Waals surface area contributed by atoms with Crippen molar-refractivity contribution in [3.63, 3.8) is 0 Å². The highest BCUT2D eigenvalue weighted by Gasteiger charge is 2.54. The van der Waals surface area contributed by atoms with E-state index >= 15 is 0 Å². The molecular formula is C23H31ClN2O3S. The number of rotatable bonds is 6. The summed E-state index contributed by atoms with van der Waals surface area (Å²) < 4.78 is 27.8. The van der Waals surface area contributed by atoms with E-state index in [1.807, 2.05) is 0 Å². The molecule has 30 heavy (non-hydrogen) atoms. The lowest BCUT2D eigenvalue weighted by Crippen LogP contribution is -2.54. The molecule has 7 heteroatoms. The minimum absolute atomic E-state index is 0.0534. The number of benzene rings is 1. The fraction of sp³-hybridized carbons (Fsp3) is 0.696. The van der Waals surface area contributed by atoms with Crippen LogP contribution in [0.4, 0.5) is 0 Å². The van der Waals surface area contributed by atoms with E-state index in [4.69, 9.17) is 11.6 Å². The normalized spacial score (nSPS) is 35.6. The average molecular weight is 451 g/mol. The zero-order chi connectivity index (χ0) is 20.9. The summed E-state index contributed by atoms with van der Waals surface area (Å²) in [6, 6.07) is 6.32. The van der Waals surface area contributed by atoms with Crippen molar-refractivity contribution in [3.8, 4) is 0 Å². The maximum absolute atomic E-state index is 13.1. The zero-order valence-electron chi connectivity index (χ0n) is 17.4. The lowest BCUT2D eigenvalue weighted by molar-refractivity contribution is -0.146. The van der Waals surface area contributed by atoms with Crippen LogP contribution in [0.5, 0.6) is 0 Å². The number of hydrogen-bond acceptors (Lipinski definition) is 3. The molecule has 0 spiro atoms. The SMILES string of the molecule is O=C(NCCC1CCCN1S(=O)(=O)c1ccc(Cl)cc1)C12CC3CC(CC(C3)C1)C2. The highest BCUT2D eigenvalue weighted by Crippen LogP contribution is 2.60. The molecule has 5 fully saturated rings. The molecule has 1 aromatic carbocycles. The molecule has 1 amide bonds. The largest absolute Gasteiger partial charge is 0.356 e. The summed E-state index contributed by atoms with van der Waals surface area (Å²) >= 11 is 5.91. The molecule has 1 heterocycles. The Hall–Kier alpha value is -1.11. The first-order valence-corrected chi connectivity index (χ1v) is 13.2. The fourth-order valence-corrected chi connectivity index (χ4v) is 8.93. The van der Waals surface area contributed by atoms with Crippen molar-refractivity contribution in [1.29, 1.82) is 0 Å². The van der Waals surface area contributed by atoms with Crippen LogP contribution in [0.2, 0.25) is 5.02 Å². The van der Waals surface area contributed by atoms with Crippen LogP contribution in [0, 0.1) is 23.2 Å². The third kappa shape index (κ3) is 3.69. The molecule has 4 aliphatic carbocycles. The number of nitrogens with zero attached hydrogens (tertiary/aromatic N) is 1. The van der Waals surface area contributed by atoms with Crippen molar-refractivity contribution in [2.75, 3.05) is 13.1 Å². The number of sulfonamides is 1. The van der Waals surface area contributed by atoms with Gasteiger partial charge < -0.3 is 5.32 Å². The van der Waals surface area contributed by atoms with Crippen LogP contribution >= 0.6 is 11.6 Å². The number of hydrogen-bond donors (Lipinski definition) is 1. The second kappa shape index (κ2) is 7.79. The third-order valence-corrected chi connectivity index (χ3v) is 10.2. The minimum atomic E-state index is -3.53. The number of amides is 1. The minimum Gasteiger partial charge on any atom is -0.356 e. The van der Waals surface area contributed by atoms with Crippen molar-refractivity contribution in [1.82, 2.24) is 9.62 Å². The summed E-state index contributed by atoms with van der Waals surface area (Å²) in [5, 5.41) is 3.74. The average Bonchev–Trinajstić information content (AvgIpc) is 3.17. The van der Waals surface area contributed by atoms with Gasteiger partial charge in [0, 0.05) is 29.6 Å². The molecule has 0 aromatic heterocycles. The fourth-order valence-electron chi connectivity index (χ4n) is 7.08. The Balaban J connectivity index is 1.20. The molecule has 4 bridgehead atoms. The van der Waals surface area contributed by atoms with Gasteiger partial charge in [0.1, 0.15) is 0 Å². The Morgan fingerprint density at radius 1 is 1.07 bits per heavy atom. The molecule has 1 saturated heterocycles. The summed E-state index contributed by atoms with van der Waals surface area (Å²) in [6.07, 6.45) is 9.54. The van der Waals surface area contributed by atoms with Crippen LogP contribution in [-0.2, 0) is 14.8 Å². The lowest BCUT2D eigenvalue weighted by Gasteiger charge is -2.55. The Morgan fingerprint density at radius 2 is 1.67 bits per heavy atom. The quantitative estimate of drug-likeness (QED) is 0.705. The van der Waals surface area contributed by atoms with Gasteiger partial charge in [-0.1, -0.05) is 11.6 Å². The summed E-state index contributed by atoms with van der Waals surface area (Å²) in [6.45, 7) is 1.09. The predicted octanol–water partition coefficient (Wildman–Crippen LogP) is 4.22. The van der Waals surface area contributed by atoms with E-state index in [1.54, 1.807) is 28.6 Å². The summed E-state index contributed by atoms with van der Waals surface area (Å²) in [5.74, 6) is 2.47. The van der Waals surface area contributed by atoms with Gasteiger partial charge in [0.25, 0.3) is 0 Å². The van der Waals surface area contributed by atoms with Crippen LogP contribution in [-0.4, -0.2) is 37.8 Å². The van der Waals surface area contributed by atoms with Crippen LogP contribution in [0.25, 0.3) is 0 Å². The van der Waals surface area contributed by atoms with Gasteiger partial charge in [0.15, 0.2) is 0 Å².